The Bertz CT molecular complexity index is 1460. The Kier molecular flexibility index (Phi) is 7.61. The van der Waals surface area contributed by atoms with E-state index in [1.807, 2.05) is 19.1 Å². The smallest absolute Gasteiger partial charge is 0.270 e. The highest BCUT2D eigenvalue weighted by Crippen LogP contribution is 2.32. The van der Waals surface area contributed by atoms with E-state index in [1.54, 1.807) is 30.3 Å². The van der Waals surface area contributed by atoms with E-state index in [4.69, 9.17) is 4.42 Å². The molecule has 13 heteroatoms. The second-order valence-electron chi connectivity index (χ2n) is 7.41. The van der Waals surface area contributed by atoms with Crippen LogP contribution in [0.15, 0.2) is 68.6 Å². The van der Waals surface area contributed by atoms with Crippen molar-refractivity contribution in [1.29, 1.82) is 0 Å². The van der Waals surface area contributed by atoms with E-state index in [0.29, 0.717) is 32.1 Å². The van der Waals surface area contributed by atoms with Gasteiger partial charge in [0.15, 0.2) is 0 Å². The number of carbonyl (C=O) groups is 2. The topological polar surface area (TPSA) is 153 Å². The fraction of sp³-hybridized carbons (Fsp3) is 0.0870. The van der Waals surface area contributed by atoms with Crippen LogP contribution in [0.5, 0.6) is 0 Å². The largest absolute Gasteiger partial charge is 0.455 e. The average molecular weight is 569 g/mol. The quantitative estimate of drug-likeness (QED) is 0.177. The summed E-state index contributed by atoms with van der Waals surface area (Å²) in [6, 6.07) is 14.8. The van der Waals surface area contributed by atoms with Crippen molar-refractivity contribution in [2.24, 2.45) is 5.10 Å². The molecule has 0 aliphatic carbocycles. The van der Waals surface area contributed by atoms with E-state index in [-0.39, 0.29) is 23.1 Å². The van der Waals surface area contributed by atoms with Crippen molar-refractivity contribution in [2.75, 3.05) is 5.32 Å². The Labute approximate surface area is 216 Å². The summed E-state index contributed by atoms with van der Waals surface area (Å²) in [5, 5.41) is 25.9. The number of nitro groups is 1. The SMILES string of the molecule is Cc1ccc(C(=O)Nc2nnc(CC(=O)N/N=C\c3ccc(-c4ccc([N+](=O)[O-])cc4Br)o3)s2)cc1. The Balaban J connectivity index is 1.30. The molecule has 2 heterocycles. The van der Waals surface area contributed by atoms with Crippen LogP contribution in [0.3, 0.4) is 0 Å². The molecule has 0 aliphatic heterocycles. The molecule has 0 bridgehead atoms. The molecule has 0 spiro atoms. The van der Waals surface area contributed by atoms with Gasteiger partial charge >= 0.3 is 0 Å². The van der Waals surface area contributed by atoms with Crippen molar-refractivity contribution in [3.63, 3.8) is 0 Å². The number of benzene rings is 2. The molecule has 0 saturated carbocycles. The second kappa shape index (κ2) is 11.0. The molecule has 36 heavy (non-hydrogen) atoms. The molecule has 182 valence electrons. The van der Waals surface area contributed by atoms with Gasteiger partial charge in [-0.2, -0.15) is 5.10 Å². The molecule has 2 aromatic carbocycles. The van der Waals surface area contributed by atoms with Gasteiger partial charge in [-0.3, -0.25) is 25.0 Å². The maximum atomic E-state index is 12.3. The predicted octanol–water partition coefficient (Wildman–Crippen LogP) is 4.72. The van der Waals surface area contributed by atoms with E-state index < -0.39 is 10.8 Å². The zero-order valence-corrected chi connectivity index (χ0v) is 21.0. The van der Waals surface area contributed by atoms with E-state index in [1.165, 1.54) is 18.3 Å². The van der Waals surface area contributed by atoms with Gasteiger partial charge in [-0.25, -0.2) is 5.43 Å². The number of hydrazone groups is 1. The summed E-state index contributed by atoms with van der Waals surface area (Å²) < 4.78 is 6.18. The second-order valence-corrected chi connectivity index (χ2v) is 9.33. The number of aryl methyl sites for hydroxylation is 1. The Morgan fingerprint density at radius 2 is 1.94 bits per heavy atom. The number of hydrogen-bond acceptors (Lipinski definition) is 9. The van der Waals surface area contributed by atoms with Gasteiger partial charge in [-0.05, 0) is 53.2 Å². The zero-order valence-electron chi connectivity index (χ0n) is 18.6. The van der Waals surface area contributed by atoms with E-state index in [0.717, 1.165) is 16.9 Å². The Hall–Kier alpha value is -4.23. The molecule has 0 atom stereocenters. The normalized spacial score (nSPS) is 10.9. The lowest BCUT2D eigenvalue weighted by atomic mass is 10.1. The van der Waals surface area contributed by atoms with Crippen LogP contribution in [0.1, 0.15) is 26.7 Å². The monoisotopic (exact) mass is 568 g/mol. The lowest BCUT2D eigenvalue weighted by Gasteiger charge is -2.01. The average Bonchev–Trinajstić information content (AvgIpc) is 3.49. The first-order valence-corrected chi connectivity index (χ1v) is 12.0. The lowest BCUT2D eigenvalue weighted by molar-refractivity contribution is -0.384. The lowest BCUT2D eigenvalue weighted by Crippen LogP contribution is -2.19. The van der Waals surface area contributed by atoms with Crippen molar-refractivity contribution >= 4 is 56.1 Å². The van der Waals surface area contributed by atoms with E-state index in [9.17, 15) is 19.7 Å². The maximum Gasteiger partial charge on any atom is 0.270 e. The third-order valence-electron chi connectivity index (χ3n) is 4.75. The molecular formula is C23H17BrN6O5S. The van der Waals surface area contributed by atoms with Gasteiger partial charge in [-0.15, -0.1) is 10.2 Å². The summed E-state index contributed by atoms with van der Waals surface area (Å²) in [5.41, 5.74) is 4.50. The van der Waals surface area contributed by atoms with Crippen molar-refractivity contribution in [1.82, 2.24) is 15.6 Å². The molecule has 0 radical (unpaired) electrons. The van der Waals surface area contributed by atoms with Gasteiger partial charge in [0, 0.05) is 27.7 Å². The number of furan rings is 1. The van der Waals surface area contributed by atoms with Crippen LogP contribution in [0.4, 0.5) is 10.8 Å². The molecular weight excluding hydrogens is 552 g/mol. The fourth-order valence-corrected chi connectivity index (χ4v) is 4.27. The van der Waals surface area contributed by atoms with Gasteiger partial charge in [0.1, 0.15) is 16.5 Å². The first-order chi connectivity index (χ1) is 17.3. The van der Waals surface area contributed by atoms with Crippen LogP contribution >= 0.6 is 27.3 Å². The fourth-order valence-electron chi connectivity index (χ4n) is 2.98. The molecule has 11 nitrogen and oxygen atoms in total. The number of amides is 2. The van der Waals surface area contributed by atoms with E-state index >= 15 is 0 Å². The summed E-state index contributed by atoms with van der Waals surface area (Å²) >= 11 is 4.40. The predicted molar refractivity (Wildman–Crippen MR) is 137 cm³/mol. The van der Waals surface area contributed by atoms with Gasteiger partial charge < -0.3 is 4.42 Å². The minimum absolute atomic E-state index is 0.0436. The first kappa shape index (κ1) is 24.9. The molecule has 0 unspecified atom stereocenters. The zero-order chi connectivity index (χ0) is 25.7. The number of rotatable bonds is 8. The van der Waals surface area contributed by atoms with Gasteiger partial charge in [0.05, 0.1) is 17.6 Å². The van der Waals surface area contributed by atoms with Crippen LogP contribution < -0.4 is 10.7 Å². The number of anilines is 1. The van der Waals surface area contributed by atoms with Crippen molar-refractivity contribution < 1.29 is 18.9 Å². The molecule has 2 N–H and O–H groups in total. The Morgan fingerprint density at radius 1 is 1.17 bits per heavy atom. The number of nitro benzene ring substituents is 1. The summed E-state index contributed by atoms with van der Waals surface area (Å²) in [5.74, 6) is 0.0974. The molecule has 4 aromatic rings. The van der Waals surface area contributed by atoms with Crippen LogP contribution in [0.25, 0.3) is 11.3 Å². The number of carbonyl (C=O) groups excluding carboxylic acids is 2. The van der Waals surface area contributed by atoms with Crippen LogP contribution in [-0.2, 0) is 11.2 Å². The summed E-state index contributed by atoms with van der Waals surface area (Å²) in [7, 11) is 0. The first-order valence-electron chi connectivity index (χ1n) is 10.3. The highest BCUT2D eigenvalue weighted by Gasteiger charge is 2.14. The summed E-state index contributed by atoms with van der Waals surface area (Å²) in [6.07, 6.45) is 1.25. The van der Waals surface area contributed by atoms with Gasteiger partial charge in [0.2, 0.25) is 11.0 Å². The number of halogens is 1. The van der Waals surface area contributed by atoms with Crippen LogP contribution in [0, 0.1) is 17.0 Å². The number of aromatic nitrogens is 2. The standard InChI is InChI=1S/C23H17BrN6O5S/c1-13-2-4-14(5-3-13)22(32)26-23-29-28-21(36-23)11-20(31)27-25-12-16-7-9-19(35-16)17-8-6-15(30(33)34)10-18(17)24/h2-10,12H,11H2,1H3,(H,27,31)(H,26,29,32)/b25-12-. The highest BCUT2D eigenvalue weighted by atomic mass is 79.9. The third-order valence-corrected chi connectivity index (χ3v) is 6.24. The minimum Gasteiger partial charge on any atom is -0.455 e. The number of nitrogens with zero attached hydrogens (tertiary/aromatic N) is 4. The molecule has 2 aromatic heterocycles. The molecule has 4 rings (SSSR count). The molecule has 0 fully saturated rings. The van der Waals surface area contributed by atoms with Crippen molar-refractivity contribution in [2.45, 2.75) is 13.3 Å². The molecule has 0 saturated heterocycles. The molecule has 0 aliphatic rings. The number of nitrogens with one attached hydrogen (secondary N) is 2. The van der Waals surface area contributed by atoms with Crippen molar-refractivity contribution in [3.05, 3.63) is 91.1 Å². The highest BCUT2D eigenvalue weighted by molar-refractivity contribution is 9.10. The van der Waals surface area contributed by atoms with Gasteiger partial charge in [0.25, 0.3) is 11.6 Å². The Morgan fingerprint density at radius 3 is 2.67 bits per heavy atom. The van der Waals surface area contributed by atoms with Crippen LogP contribution in [0.2, 0.25) is 0 Å². The third kappa shape index (κ3) is 6.25. The maximum absolute atomic E-state index is 12.3. The number of non-ortho nitro benzene ring substituents is 1. The van der Waals surface area contributed by atoms with Crippen LogP contribution in [-0.4, -0.2) is 33.1 Å². The van der Waals surface area contributed by atoms with E-state index in [2.05, 4.69) is 42.0 Å². The minimum atomic E-state index is -0.485. The van der Waals surface area contributed by atoms with Crippen molar-refractivity contribution in [3.8, 4) is 11.3 Å². The number of hydrogen-bond donors (Lipinski definition) is 2. The summed E-state index contributed by atoms with van der Waals surface area (Å²) in [6.45, 7) is 1.93. The summed E-state index contributed by atoms with van der Waals surface area (Å²) in [4.78, 5) is 34.9. The van der Waals surface area contributed by atoms with Gasteiger partial charge in [-0.1, -0.05) is 29.0 Å². The molecule has 2 amide bonds.